The Hall–Kier alpha value is -2.60. The third-order valence-corrected chi connectivity index (χ3v) is 3.84. The van der Waals surface area contributed by atoms with Crippen molar-refractivity contribution in [1.82, 2.24) is 10.6 Å². The second kappa shape index (κ2) is 9.03. The third-order valence-electron chi connectivity index (χ3n) is 3.84. The van der Waals surface area contributed by atoms with E-state index in [-0.39, 0.29) is 5.91 Å². The average molecular weight is 346 g/mol. The molecular weight excluding hydrogens is 323 g/mol. The summed E-state index contributed by atoms with van der Waals surface area (Å²) in [5.74, 6) is 0.618. The maximum absolute atomic E-state index is 13.8. The van der Waals surface area contributed by atoms with Crippen molar-refractivity contribution in [3.8, 4) is 11.5 Å². The van der Waals surface area contributed by atoms with Gasteiger partial charge in [0.05, 0.1) is 20.3 Å². The molecule has 0 aliphatic carbocycles. The molecule has 2 N–H and O–H groups in total. The van der Waals surface area contributed by atoms with Gasteiger partial charge in [0.15, 0.2) is 0 Å². The molecule has 1 amide bonds. The summed E-state index contributed by atoms with van der Waals surface area (Å²) in [5.41, 5.74) is 1.33. The standard InChI is InChI=1S/C19H23FN2O3/c1-21-10-9-18(23)22-19(13-5-4-6-15(11-13)24-2)16-12-14(20)7-8-17(16)25-3/h4-8,11-12,19,21H,9-10H2,1-3H3,(H,22,23). The highest BCUT2D eigenvalue weighted by molar-refractivity contribution is 5.77. The predicted molar refractivity (Wildman–Crippen MR) is 94.5 cm³/mol. The number of nitrogens with one attached hydrogen (secondary N) is 2. The van der Waals surface area contributed by atoms with Crippen LogP contribution in [0, 0.1) is 5.82 Å². The molecular formula is C19H23FN2O3. The van der Waals surface area contributed by atoms with Crippen LogP contribution in [-0.4, -0.2) is 33.7 Å². The number of ether oxygens (including phenoxy) is 2. The van der Waals surface area contributed by atoms with Gasteiger partial charge in [0.2, 0.25) is 5.91 Å². The molecule has 25 heavy (non-hydrogen) atoms. The maximum atomic E-state index is 13.8. The summed E-state index contributed by atoms with van der Waals surface area (Å²) in [6.07, 6.45) is 0.314. The molecule has 0 aromatic heterocycles. The van der Waals surface area contributed by atoms with Crippen molar-refractivity contribution in [3.63, 3.8) is 0 Å². The van der Waals surface area contributed by atoms with E-state index in [4.69, 9.17) is 9.47 Å². The molecule has 1 unspecified atom stereocenters. The Labute approximate surface area is 147 Å². The first-order valence-electron chi connectivity index (χ1n) is 8.00. The summed E-state index contributed by atoms with van der Waals surface area (Å²) in [5, 5.41) is 5.89. The second-order valence-corrected chi connectivity index (χ2v) is 5.52. The number of methoxy groups -OCH3 is 2. The Morgan fingerprint density at radius 2 is 1.96 bits per heavy atom. The number of amides is 1. The number of hydrogen-bond acceptors (Lipinski definition) is 4. The minimum absolute atomic E-state index is 0.145. The van der Waals surface area contributed by atoms with Crippen molar-refractivity contribution in [3.05, 3.63) is 59.4 Å². The number of rotatable bonds is 8. The van der Waals surface area contributed by atoms with Crippen LogP contribution in [0.5, 0.6) is 11.5 Å². The summed E-state index contributed by atoms with van der Waals surface area (Å²) >= 11 is 0. The first kappa shape index (κ1) is 18.7. The zero-order valence-corrected chi connectivity index (χ0v) is 14.6. The van der Waals surface area contributed by atoms with E-state index in [1.807, 2.05) is 24.3 Å². The fraction of sp³-hybridized carbons (Fsp3) is 0.316. The van der Waals surface area contributed by atoms with Gasteiger partial charge in [-0.2, -0.15) is 0 Å². The minimum atomic E-state index is -0.551. The van der Waals surface area contributed by atoms with E-state index in [0.29, 0.717) is 30.0 Å². The quantitative estimate of drug-likeness (QED) is 0.771. The van der Waals surface area contributed by atoms with Crippen LogP contribution >= 0.6 is 0 Å². The molecule has 2 aromatic carbocycles. The molecule has 2 aromatic rings. The van der Waals surface area contributed by atoms with Crippen LogP contribution in [-0.2, 0) is 4.79 Å². The largest absolute Gasteiger partial charge is 0.497 e. The molecule has 0 saturated heterocycles. The summed E-state index contributed by atoms with van der Waals surface area (Å²) in [4.78, 5) is 12.3. The van der Waals surface area contributed by atoms with E-state index < -0.39 is 11.9 Å². The number of halogens is 1. The van der Waals surface area contributed by atoms with Crippen molar-refractivity contribution in [2.24, 2.45) is 0 Å². The van der Waals surface area contributed by atoms with Gasteiger partial charge in [0, 0.05) is 18.5 Å². The lowest BCUT2D eigenvalue weighted by Gasteiger charge is -2.22. The van der Waals surface area contributed by atoms with Crippen LogP contribution in [0.4, 0.5) is 4.39 Å². The van der Waals surface area contributed by atoms with Crippen LogP contribution in [0.15, 0.2) is 42.5 Å². The highest BCUT2D eigenvalue weighted by atomic mass is 19.1. The topological polar surface area (TPSA) is 59.6 Å². The summed E-state index contributed by atoms with van der Waals surface area (Å²) in [6, 6.07) is 11.0. The highest BCUT2D eigenvalue weighted by Gasteiger charge is 2.21. The van der Waals surface area contributed by atoms with E-state index in [2.05, 4.69) is 10.6 Å². The fourth-order valence-corrected chi connectivity index (χ4v) is 2.56. The van der Waals surface area contributed by atoms with Gasteiger partial charge in [0.1, 0.15) is 17.3 Å². The van der Waals surface area contributed by atoms with Crippen molar-refractivity contribution < 1.29 is 18.7 Å². The van der Waals surface area contributed by atoms with Crippen LogP contribution in [0.25, 0.3) is 0 Å². The lowest BCUT2D eigenvalue weighted by molar-refractivity contribution is -0.121. The van der Waals surface area contributed by atoms with E-state index in [1.165, 1.54) is 19.2 Å². The normalized spacial score (nSPS) is 11.7. The molecule has 0 bridgehead atoms. The molecule has 0 aliphatic heterocycles. The molecule has 5 nitrogen and oxygen atoms in total. The van der Waals surface area contributed by atoms with E-state index in [0.717, 1.165) is 5.56 Å². The number of hydrogen-bond donors (Lipinski definition) is 2. The first-order chi connectivity index (χ1) is 12.1. The van der Waals surface area contributed by atoms with Crippen molar-refractivity contribution in [1.29, 1.82) is 0 Å². The number of carbonyl (C=O) groups excluding carboxylic acids is 1. The van der Waals surface area contributed by atoms with Gasteiger partial charge in [-0.3, -0.25) is 4.79 Å². The predicted octanol–water partition coefficient (Wildman–Crippen LogP) is 2.66. The van der Waals surface area contributed by atoms with Gasteiger partial charge < -0.3 is 20.1 Å². The summed E-state index contributed by atoms with van der Waals surface area (Å²) in [7, 11) is 4.87. The minimum Gasteiger partial charge on any atom is -0.497 e. The average Bonchev–Trinajstić information content (AvgIpc) is 2.64. The maximum Gasteiger partial charge on any atom is 0.222 e. The Bertz CT molecular complexity index is 722. The first-order valence-corrected chi connectivity index (χ1v) is 8.00. The highest BCUT2D eigenvalue weighted by Crippen LogP contribution is 2.32. The van der Waals surface area contributed by atoms with Crippen LogP contribution in [0.1, 0.15) is 23.6 Å². The Morgan fingerprint density at radius 1 is 1.16 bits per heavy atom. The molecule has 6 heteroatoms. The molecule has 0 aliphatic rings. The van der Waals surface area contributed by atoms with Crippen molar-refractivity contribution in [2.75, 3.05) is 27.8 Å². The molecule has 0 heterocycles. The van der Waals surface area contributed by atoms with Crippen LogP contribution < -0.4 is 20.1 Å². The molecule has 0 spiro atoms. The Kier molecular flexibility index (Phi) is 6.77. The summed E-state index contributed by atoms with van der Waals surface area (Å²) < 4.78 is 24.5. The number of carbonyl (C=O) groups is 1. The summed E-state index contributed by atoms with van der Waals surface area (Å²) in [6.45, 7) is 0.553. The second-order valence-electron chi connectivity index (χ2n) is 5.52. The molecule has 1 atom stereocenters. The van der Waals surface area contributed by atoms with E-state index in [1.54, 1.807) is 20.2 Å². The number of benzene rings is 2. The lowest BCUT2D eigenvalue weighted by atomic mass is 9.97. The Balaban J connectivity index is 2.44. The molecule has 134 valence electrons. The van der Waals surface area contributed by atoms with E-state index in [9.17, 15) is 9.18 Å². The monoisotopic (exact) mass is 346 g/mol. The smallest absolute Gasteiger partial charge is 0.222 e. The van der Waals surface area contributed by atoms with Gasteiger partial charge in [-0.1, -0.05) is 12.1 Å². The SMILES string of the molecule is CNCCC(=O)NC(c1cccc(OC)c1)c1cc(F)ccc1OC. The molecule has 0 saturated carbocycles. The molecule has 2 rings (SSSR count). The molecule has 0 fully saturated rings. The zero-order chi connectivity index (χ0) is 18.2. The van der Waals surface area contributed by atoms with Gasteiger partial charge in [-0.05, 0) is 42.9 Å². The zero-order valence-electron chi connectivity index (χ0n) is 14.6. The fourth-order valence-electron chi connectivity index (χ4n) is 2.56. The van der Waals surface area contributed by atoms with Crippen LogP contribution in [0.2, 0.25) is 0 Å². The van der Waals surface area contributed by atoms with Gasteiger partial charge >= 0.3 is 0 Å². The Morgan fingerprint density at radius 3 is 2.64 bits per heavy atom. The van der Waals surface area contributed by atoms with Gasteiger partial charge in [-0.15, -0.1) is 0 Å². The third kappa shape index (κ3) is 4.93. The van der Waals surface area contributed by atoms with Gasteiger partial charge in [-0.25, -0.2) is 4.39 Å². The van der Waals surface area contributed by atoms with E-state index >= 15 is 0 Å². The molecule has 0 radical (unpaired) electrons. The van der Waals surface area contributed by atoms with Gasteiger partial charge in [0.25, 0.3) is 0 Å². The lowest BCUT2D eigenvalue weighted by Crippen LogP contribution is -2.31. The van der Waals surface area contributed by atoms with Crippen molar-refractivity contribution >= 4 is 5.91 Å². The van der Waals surface area contributed by atoms with Crippen molar-refractivity contribution in [2.45, 2.75) is 12.5 Å². The van der Waals surface area contributed by atoms with Crippen LogP contribution in [0.3, 0.4) is 0 Å².